The predicted octanol–water partition coefficient (Wildman–Crippen LogP) is 4.68. The predicted molar refractivity (Wildman–Crippen MR) is 102 cm³/mol. The van der Waals surface area contributed by atoms with E-state index >= 15 is 0 Å². The Morgan fingerprint density at radius 3 is 2.52 bits per heavy atom. The molecule has 0 aliphatic heterocycles. The van der Waals surface area contributed by atoms with E-state index in [1.54, 1.807) is 25.3 Å². The van der Waals surface area contributed by atoms with Gasteiger partial charge in [-0.3, -0.25) is 4.99 Å². The average molecular weight is 332 g/mol. The van der Waals surface area contributed by atoms with Gasteiger partial charge in [0.2, 0.25) is 0 Å². The molecule has 0 aliphatic rings. The molecule has 3 rings (SSSR count). The van der Waals surface area contributed by atoms with Crippen molar-refractivity contribution in [3.63, 3.8) is 0 Å². The van der Waals surface area contributed by atoms with Crippen LogP contribution in [0.15, 0.2) is 71.9 Å². The maximum absolute atomic E-state index is 14.0. The zero-order chi connectivity index (χ0) is 17.6. The van der Waals surface area contributed by atoms with E-state index in [1.165, 1.54) is 11.1 Å². The Labute approximate surface area is 147 Å². The summed E-state index contributed by atoms with van der Waals surface area (Å²) in [6.45, 7) is 1.88. The van der Waals surface area contributed by atoms with Crippen LogP contribution >= 0.6 is 0 Å². The SMILES string of the molecule is CN=c1cc(Cc2ccccc2)ccn1/C=C/c1ccc(C)cc1F. The molecule has 25 heavy (non-hydrogen) atoms. The van der Waals surface area contributed by atoms with Crippen molar-refractivity contribution in [1.29, 1.82) is 0 Å². The van der Waals surface area contributed by atoms with Gasteiger partial charge in [0.25, 0.3) is 0 Å². The minimum Gasteiger partial charge on any atom is -0.309 e. The highest BCUT2D eigenvalue weighted by molar-refractivity contribution is 5.61. The van der Waals surface area contributed by atoms with Gasteiger partial charge in [0.15, 0.2) is 0 Å². The highest BCUT2D eigenvalue weighted by Crippen LogP contribution is 2.12. The molecule has 3 heteroatoms. The third-order valence-corrected chi connectivity index (χ3v) is 4.08. The van der Waals surface area contributed by atoms with Crippen molar-refractivity contribution >= 4 is 12.3 Å². The lowest BCUT2D eigenvalue weighted by atomic mass is 10.1. The number of aromatic nitrogens is 1. The number of benzene rings is 2. The first-order chi connectivity index (χ1) is 12.2. The van der Waals surface area contributed by atoms with Crippen molar-refractivity contribution in [3.8, 4) is 0 Å². The molecule has 1 aromatic heterocycles. The summed E-state index contributed by atoms with van der Waals surface area (Å²) in [5.74, 6) is -0.215. The van der Waals surface area contributed by atoms with Gasteiger partial charge in [-0.2, -0.15) is 0 Å². The molecule has 0 unspecified atom stereocenters. The van der Waals surface area contributed by atoms with Crippen molar-refractivity contribution in [2.75, 3.05) is 7.05 Å². The van der Waals surface area contributed by atoms with Crippen molar-refractivity contribution in [1.82, 2.24) is 4.57 Å². The lowest BCUT2D eigenvalue weighted by molar-refractivity contribution is 0.624. The molecule has 0 saturated heterocycles. The molecule has 0 fully saturated rings. The topological polar surface area (TPSA) is 17.3 Å². The maximum Gasteiger partial charge on any atom is 0.131 e. The summed E-state index contributed by atoms with van der Waals surface area (Å²) in [6.07, 6.45) is 6.42. The molecule has 0 aliphatic carbocycles. The summed E-state index contributed by atoms with van der Waals surface area (Å²) in [5.41, 5.74) is 4.76. The van der Waals surface area contributed by atoms with Crippen LogP contribution in [0.3, 0.4) is 0 Å². The van der Waals surface area contributed by atoms with Gasteiger partial charge >= 0.3 is 0 Å². The first-order valence-electron chi connectivity index (χ1n) is 8.28. The van der Waals surface area contributed by atoms with E-state index in [1.807, 2.05) is 48.2 Å². The van der Waals surface area contributed by atoms with Gasteiger partial charge in [0, 0.05) is 25.0 Å². The molecule has 0 bridgehead atoms. The van der Waals surface area contributed by atoms with Crippen LogP contribution in [-0.4, -0.2) is 11.6 Å². The average Bonchev–Trinajstić information content (AvgIpc) is 2.62. The largest absolute Gasteiger partial charge is 0.309 e. The van der Waals surface area contributed by atoms with Crippen molar-refractivity contribution < 1.29 is 4.39 Å². The molecule has 0 N–H and O–H groups in total. The highest BCUT2D eigenvalue weighted by Gasteiger charge is 2.00. The second-order valence-electron chi connectivity index (χ2n) is 6.03. The quantitative estimate of drug-likeness (QED) is 0.660. The number of hydrogen-bond acceptors (Lipinski definition) is 1. The van der Waals surface area contributed by atoms with Crippen LogP contribution in [0.25, 0.3) is 12.3 Å². The fraction of sp³-hybridized carbons (Fsp3) is 0.136. The fourth-order valence-electron chi connectivity index (χ4n) is 2.72. The van der Waals surface area contributed by atoms with Gasteiger partial charge in [-0.15, -0.1) is 0 Å². The molecule has 126 valence electrons. The van der Waals surface area contributed by atoms with E-state index in [-0.39, 0.29) is 5.82 Å². The monoisotopic (exact) mass is 332 g/mol. The molecule has 2 nitrogen and oxygen atoms in total. The Morgan fingerprint density at radius 2 is 1.80 bits per heavy atom. The van der Waals surface area contributed by atoms with Crippen molar-refractivity contribution in [2.45, 2.75) is 13.3 Å². The summed E-state index contributed by atoms with van der Waals surface area (Å²) in [5, 5.41) is 0. The summed E-state index contributed by atoms with van der Waals surface area (Å²) < 4.78 is 15.9. The number of halogens is 1. The van der Waals surface area contributed by atoms with E-state index in [4.69, 9.17) is 0 Å². The summed E-state index contributed by atoms with van der Waals surface area (Å²) in [7, 11) is 1.76. The summed E-state index contributed by atoms with van der Waals surface area (Å²) >= 11 is 0. The molecule has 0 amide bonds. The smallest absolute Gasteiger partial charge is 0.131 e. The van der Waals surface area contributed by atoms with Gasteiger partial charge in [0.1, 0.15) is 11.3 Å². The highest BCUT2D eigenvalue weighted by atomic mass is 19.1. The second kappa shape index (κ2) is 7.75. The Morgan fingerprint density at radius 1 is 1.00 bits per heavy atom. The Bertz CT molecular complexity index is 953. The molecule has 0 radical (unpaired) electrons. The molecule has 1 heterocycles. The Balaban J connectivity index is 1.86. The Hall–Kier alpha value is -2.94. The zero-order valence-corrected chi connectivity index (χ0v) is 14.5. The van der Waals surface area contributed by atoms with Gasteiger partial charge < -0.3 is 4.57 Å². The van der Waals surface area contributed by atoms with Crippen LogP contribution in [0.4, 0.5) is 4.39 Å². The standard InChI is InChI=1S/C22H21FN2/c1-17-8-9-20(21(23)14-17)11-13-25-12-10-19(16-22(25)24-2)15-18-6-4-3-5-7-18/h3-14,16H,15H2,1-2H3/b13-11+,24-22?. The van der Waals surface area contributed by atoms with Gasteiger partial charge in [0.05, 0.1) is 0 Å². The summed E-state index contributed by atoms with van der Waals surface area (Å²) in [4.78, 5) is 4.34. The summed E-state index contributed by atoms with van der Waals surface area (Å²) in [6, 6.07) is 19.7. The Kier molecular flexibility index (Phi) is 5.24. The fourth-order valence-corrected chi connectivity index (χ4v) is 2.72. The molecule has 0 spiro atoms. The van der Waals surface area contributed by atoms with Gasteiger partial charge in [-0.1, -0.05) is 42.5 Å². The van der Waals surface area contributed by atoms with Crippen molar-refractivity contribution in [2.24, 2.45) is 4.99 Å². The van der Waals surface area contributed by atoms with Crippen LogP contribution in [0.2, 0.25) is 0 Å². The first-order valence-corrected chi connectivity index (χ1v) is 8.28. The lowest BCUT2D eigenvalue weighted by Crippen LogP contribution is -2.16. The van der Waals surface area contributed by atoms with Gasteiger partial charge in [-0.05, 0) is 54.3 Å². The minimum absolute atomic E-state index is 0.215. The minimum atomic E-state index is -0.215. The molecule has 0 saturated carbocycles. The van der Waals surface area contributed by atoms with E-state index in [2.05, 4.69) is 29.3 Å². The number of rotatable bonds is 4. The first kappa shape index (κ1) is 16.9. The van der Waals surface area contributed by atoms with E-state index in [9.17, 15) is 4.39 Å². The third-order valence-electron chi connectivity index (χ3n) is 4.08. The molecular formula is C22H21FN2. The van der Waals surface area contributed by atoms with Crippen LogP contribution < -0.4 is 5.49 Å². The molecule has 2 aromatic carbocycles. The number of hydrogen-bond donors (Lipinski definition) is 0. The lowest BCUT2D eigenvalue weighted by Gasteiger charge is -2.06. The number of pyridine rings is 1. The number of aryl methyl sites for hydroxylation is 1. The van der Waals surface area contributed by atoms with E-state index in [0.717, 1.165) is 17.5 Å². The van der Waals surface area contributed by atoms with Crippen LogP contribution in [0, 0.1) is 12.7 Å². The molecular weight excluding hydrogens is 311 g/mol. The maximum atomic E-state index is 14.0. The molecule has 0 atom stereocenters. The normalized spacial score (nSPS) is 12.0. The molecule has 3 aromatic rings. The van der Waals surface area contributed by atoms with Gasteiger partial charge in [-0.25, -0.2) is 4.39 Å². The third kappa shape index (κ3) is 4.32. The van der Waals surface area contributed by atoms with Crippen LogP contribution in [0.5, 0.6) is 0 Å². The second-order valence-corrected chi connectivity index (χ2v) is 6.03. The van der Waals surface area contributed by atoms with E-state index in [0.29, 0.717) is 5.56 Å². The number of nitrogens with zero attached hydrogens (tertiary/aromatic N) is 2. The van der Waals surface area contributed by atoms with E-state index < -0.39 is 0 Å². The van der Waals surface area contributed by atoms with Crippen LogP contribution in [0.1, 0.15) is 22.3 Å². The zero-order valence-electron chi connectivity index (χ0n) is 14.5. The van der Waals surface area contributed by atoms with Crippen LogP contribution in [-0.2, 0) is 6.42 Å². The van der Waals surface area contributed by atoms with Crippen molar-refractivity contribution in [3.05, 3.63) is 100 Å².